The van der Waals surface area contributed by atoms with E-state index in [1.807, 2.05) is 6.20 Å². The molecule has 0 aliphatic heterocycles. The molecule has 0 unspecified atom stereocenters. The van der Waals surface area contributed by atoms with Crippen molar-refractivity contribution < 1.29 is 0 Å². The lowest BCUT2D eigenvalue weighted by Crippen LogP contribution is -2.28. The summed E-state index contributed by atoms with van der Waals surface area (Å²) in [6, 6.07) is 31.7. The molecule has 4 aromatic rings. The fraction of sp³-hybridized carbons (Fsp3) is 0.0800. The summed E-state index contributed by atoms with van der Waals surface area (Å²) >= 11 is 0. The number of imidazole rings is 1. The standard InChI is InChI=1S/C25H23BN2/c1-4-10-21(11-5-1)16-18-28-19-17-27-25(28)26-24(23-14-8-3-9-15-23)20-22-12-6-2-7-13-22/h1-15,17,19-20,26H,16,18H2. The zero-order valence-electron chi connectivity index (χ0n) is 15.9. The fourth-order valence-corrected chi connectivity index (χ4v) is 3.41. The molecule has 0 saturated carbocycles. The van der Waals surface area contributed by atoms with Gasteiger partial charge in [-0.1, -0.05) is 103 Å². The zero-order valence-corrected chi connectivity index (χ0v) is 15.9. The van der Waals surface area contributed by atoms with E-state index in [0.29, 0.717) is 0 Å². The van der Waals surface area contributed by atoms with E-state index in [4.69, 9.17) is 0 Å². The molecule has 0 fully saturated rings. The highest BCUT2D eigenvalue weighted by molar-refractivity contribution is 6.73. The van der Waals surface area contributed by atoms with Crippen LogP contribution in [-0.4, -0.2) is 16.8 Å². The van der Waals surface area contributed by atoms with Gasteiger partial charge < -0.3 is 4.57 Å². The Bertz CT molecular complexity index is 1020. The number of aromatic nitrogens is 2. The Kier molecular flexibility index (Phi) is 5.84. The van der Waals surface area contributed by atoms with Crippen LogP contribution in [0.15, 0.2) is 103 Å². The summed E-state index contributed by atoms with van der Waals surface area (Å²) in [6.07, 6.45) is 7.27. The molecule has 0 radical (unpaired) electrons. The van der Waals surface area contributed by atoms with Crippen LogP contribution in [0.5, 0.6) is 0 Å². The van der Waals surface area contributed by atoms with Crippen LogP contribution in [0.3, 0.4) is 0 Å². The summed E-state index contributed by atoms with van der Waals surface area (Å²) in [4.78, 5) is 4.66. The average molecular weight is 362 g/mol. The molecule has 1 heterocycles. The van der Waals surface area contributed by atoms with E-state index >= 15 is 0 Å². The summed E-state index contributed by atoms with van der Waals surface area (Å²) in [7, 11) is 0.806. The van der Waals surface area contributed by atoms with Gasteiger partial charge in [0.05, 0.1) is 5.72 Å². The molecule has 4 rings (SSSR count). The van der Waals surface area contributed by atoms with Crippen molar-refractivity contribution in [3.63, 3.8) is 0 Å². The van der Waals surface area contributed by atoms with E-state index < -0.39 is 0 Å². The second-order valence-corrected chi connectivity index (χ2v) is 6.90. The highest BCUT2D eigenvalue weighted by Crippen LogP contribution is 2.17. The largest absolute Gasteiger partial charge is 0.343 e. The topological polar surface area (TPSA) is 17.8 Å². The highest BCUT2D eigenvalue weighted by Gasteiger charge is 2.11. The number of benzene rings is 3. The van der Waals surface area contributed by atoms with E-state index in [2.05, 4.69) is 113 Å². The van der Waals surface area contributed by atoms with E-state index in [-0.39, 0.29) is 0 Å². The van der Waals surface area contributed by atoms with Crippen molar-refractivity contribution in [1.82, 2.24) is 9.55 Å². The first-order valence-corrected chi connectivity index (χ1v) is 9.73. The molecule has 3 aromatic carbocycles. The zero-order chi connectivity index (χ0) is 19.0. The van der Waals surface area contributed by atoms with E-state index in [1.54, 1.807) is 0 Å². The van der Waals surface area contributed by atoms with Crippen molar-refractivity contribution in [1.29, 1.82) is 0 Å². The van der Waals surface area contributed by atoms with Crippen molar-refractivity contribution >= 4 is 24.6 Å². The summed E-state index contributed by atoms with van der Waals surface area (Å²) in [6.45, 7) is 0.937. The van der Waals surface area contributed by atoms with Crippen LogP contribution in [0.4, 0.5) is 0 Å². The first-order chi connectivity index (χ1) is 13.9. The Morgan fingerprint density at radius 1 is 0.821 bits per heavy atom. The normalized spacial score (nSPS) is 11.4. The molecular formula is C25H23BN2. The molecule has 2 nitrogen and oxygen atoms in total. The molecule has 0 spiro atoms. The van der Waals surface area contributed by atoms with Crippen molar-refractivity contribution in [2.75, 3.05) is 0 Å². The predicted molar refractivity (Wildman–Crippen MR) is 120 cm³/mol. The number of hydrogen-bond acceptors (Lipinski definition) is 1. The minimum atomic E-state index is 0.806. The summed E-state index contributed by atoms with van der Waals surface area (Å²) < 4.78 is 2.27. The minimum Gasteiger partial charge on any atom is -0.343 e. The van der Waals surface area contributed by atoms with Gasteiger partial charge in [0.1, 0.15) is 0 Å². The van der Waals surface area contributed by atoms with Gasteiger partial charge >= 0.3 is 0 Å². The number of hydrogen-bond donors (Lipinski definition) is 0. The second kappa shape index (κ2) is 9.05. The quantitative estimate of drug-likeness (QED) is 0.352. The molecule has 1 aromatic heterocycles. The van der Waals surface area contributed by atoms with Crippen LogP contribution in [0.25, 0.3) is 11.5 Å². The lowest BCUT2D eigenvalue weighted by Gasteiger charge is -2.11. The van der Waals surface area contributed by atoms with E-state index in [1.165, 1.54) is 22.2 Å². The second-order valence-electron chi connectivity index (χ2n) is 6.90. The smallest absolute Gasteiger partial charge is 0.239 e. The van der Waals surface area contributed by atoms with Gasteiger partial charge in [-0.05, 0) is 23.1 Å². The Labute approximate surface area is 167 Å². The maximum atomic E-state index is 4.66. The Morgan fingerprint density at radius 3 is 2.18 bits per heavy atom. The molecule has 0 aliphatic carbocycles. The third-order valence-corrected chi connectivity index (χ3v) is 4.92. The minimum absolute atomic E-state index is 0.806. The van der Waals surface area contributed by atoms with Crippen LogP contribution in [-0.2, 0) is 13.0 Å². The third-order valence-electron chi connectivity index (χ3n) is 4.92. The van der Waals surface area contributed by atoms with Crippen LogP contribution in [0.2, 0.25) is 0 Å². The van der Waals surface area contributed by atoms with Gasteiger partial charge in [0.25, 0.3) is 0 Å². The molecule has 0 amide bonds. The fourth-order valence-electron chi connectivity index (χ4n) is 3.41. The highest BCUT2D eigenvalue weighted by atomic mass is 15.0. The average Bonchev–Trinajstić information content (AvgIpc) is 3.21. The van der Waals surface area contributed by atoms with Crippen LogP contribution < -0.4 is 5.72 Å². The lowest BCUT2D eigenvalue weighted by atomic mass is 9.65. The molecule has 28 heavy (non-hydrogen) atoms. The van der Waals surface area contributed by atoms with Crippen LogP contribution >= 0.6 is 0 Å². The van der Waals surface area contributed by atoms with Crippen molar-refractivity contribution in [3.8, 4) is 0 Å². The van der Waals surface area contributed by atoms with Gasteiger partial charge in [-0.15, -0.1) is 0 Å². The molecule has 0 atom stereocenters. The molecule has 3 heteroatoms. The SMILES string of the molecule is B(C(=Cc1ccccc1)c1ccccc1)c1nccn1CCc1ccccc1. The van der Waals surface area contributed by atoms with Gasteiger partial charge in [-0.2, -0.15) is 0 Å². The van der Waals surface area contributed by atoms with Gasteiger partial charge in [0.15, 0.2) is 0 Å². The van der Waals surface area contributed by atoms with Gasteiger partial charge in [0.2, 0.25) is 7.28 Å². The van der Waals surface area contributed by atoms with Gasteiger partial charge in [0, 0.05) is 18.9 Å². The predicted octanol–water partition coefficient (Wildman–Crippen LogP) is 4.39. The first kappa shape index (κ1) is 18.1. The molecule has 0 aliphatic rings. The third kappa shape index (κ3) is 4.69. The van der Waals surface area contributed by atoms with Crippen molar-refractivity contribution in [2.24, 2.45) is 0 Å². The molecule has 0 saturated heterocycles. The Hall–Kier alpha value is -3.33. The summed E-state index contributed by atoms with van der Waals surface area (Å²) in [5.41, 5.74) is 6.18. The first-order valence-electron chi connectivity index (χ1n) is 9.73. The number of aryl methyl sites for hydroxylation is 2. The van der Waals surface area contributed by atoms with E-state index in [9.17, 15) is 0 Å². The maximum Gasteiger partial charge on any atom is 0.239 e. The monoisotopic (exact) mass is 362 g/mol. The summed E-state index contributed by atoms with van der Waals surface area (Å²) in [5, 5.41) is 0. The van der Waals surface area contributed by atoms with Gasteiger partial charge in [-0.3, -0.25) is 4.98 Å². The number of rotatable bonds is 7. The van der Waals surface area contributed by atoms with Gasteiger partial charge in [-0.25, -0.2) is 0 Å². The molecule has 136 valence electrons. The molecule has 0 N–H and O–H groups in total. The lowest BCUT2D eigenvalue weighted by molar-refractivity contribution is 0.714. The van der Waals surface area contributed by atoms with Crippen molar-refractivity contribution in [3.05, 3.63) is 120 Å². The molecule has 0 bridgehead atoms. The van der Waals surface area contributed by atoms with E-state index in [0.717, 1.165) is 26.0 Å². The number of nitrogens with zero attached hydrogens (tertiary/aromatic N) is 2. The maximum absolute atomic E-state index is 4.66. The Morgan fingerprint density at radius 2 is 1.46 bits per heavy atom. The Balaban J connectivity index is 1.58. The van der Waals surface area contributed by atoms with Crippen molar-refractivity contribution in [2.45, 2.75) is 13.0 Å². The summed E-state index contributed by atoms with van der Waals surface area (Å²) in [5.74, 6) is 0. The molecular weight excluding hydrogens is 339 g/mol. The van der Waals surface area contributed by atoms with Crippen LogP contribution in [0, 0.1) is 0 Å². The van der Waals surface area contributed by atoms with Crippen LogP contribution in [0.1, 0.15) is 16.7 Å².